The van der Waals surface area contributed by atoms with Crippen molar-refractivity contribution in [2.24, 2.45) is 0 Å². The first-order chi connectivity index (χ1) is 27.8. The topological polar surface area (TPSA) is 3.24 Å². The molecule has 0 spiro atoms. The van der Waals surface area contributed by atoms with Gasteiger partial charge in [-0.05, 0) is 170 Å². The smallest absolute Gasteiger partial charge is 0.0467 e. The van der Waals surface area contributed by atoms with Crippen LogP contribution in [0.3, 0.4) is 0 Å². The Morgan fingerprint density at radius 3 is 1.86 bits per heavy atom. The molecule has 1 saturated carbocycles. The highest BCUT2D eigenvalue weighted by Crippen LogP contribution is 2.51. The Labute approximate surface area is 349 Å². The molecule has 1 nitrogen and oxygen atoms in total. The predicted octanol–water partition coefficient (Wildman–Crippen LogP) is 16.3. The van der Waals surface area contributed by atoms with Gasteiger partial charge in [-0.15, -0.1) is 0 Å². The van der Waals surface area contributed by atoms with Gasteiger partial charge in [0.15, 0.2) is 0 Å². The van der Waals surface area contributed by atoms with Gasteiger partial charge in [0.1, 0.15) is 0 Å². The third kappa shape index (κ3) is 7.14. The van der Waals surface area contributed by atoms with Gasteiger partial charge < -0.3 is 4.90 Å². The van der Waals surface area contributed by atoms with E-state index in [1.54, 1.807) is 0 Å². The summed E-state index contributed by atoms with van der Waals surface area (Å²) < 4.78 is 0. The zero-order chi connectivity index (χ0) is 40.4. The molecule has 0 N–H and O–H groups in total. The minimum atomic E-state index is -0.0734. The number of nitrogens with zero attached hydrogens (tertiary/aromatic N) is 1. The summed E-state index contributed by atoms with van der Waals surface area (Å²) >= 11 is 0. The van der Waals surface area contributed by atoms with Crippen molar-refractivity contribution in [3.8, 4) is 33.4 Å². The Bertz CT molecular complexity index is 2460. The Balaban J connectivity index is 1.21. The van der Waals surface area contributed by atoms with Crippen LogP contribution in [0.1, 0.15) is 145 Å². The van der Waals surface area contributed by atoms with Gasteiger partial charge in [0.25, 0.3) is 0 Å². The molecule has 0 saturated heterocycles. The van der Waals surface area contributed by atoms with E-state index in [0.717, 1.165) is 12.8 Å². The lowest BCUT2D eigenvalue weighted by Crippen LogP contribution is -2.17. The molecule has 0 amide bonds. The highest BCUT2D eigenvalue weighted by atomic mass is 15.1. The molecular weight excluding hydrogens is 699 g/mol. The molecule has 6 aromatic carbocycles. The maximum Gasteiger partial charge on any atom is 0.0467 e. The molecule has 9 rings (SSSR count). The van der Waals surface area contributed by atoms with Crippen LogP contribution in [0.5, 0.6) is 0 Å². The average Bonchev–Trinajstić information content (AvgIpc) is 3.45. The van der Waals surface area contributed by atoms with Crippen molar-refractivity contribution in [2.75, 3.05) is 4.90 Å². The van der Waals surface area contributed by atoms with Gasteiger partial charge in [-0.2, -0.15) is 0 Å². The standard InChI is InChI=1S/C57H63N/c1-55(2,3)44-31-43(32-45(36-44)56(4,5)6)42-30-40-20-12-13-25-49(40)52(35-42)41-22-17-24-47(34-41)58(46-23-16-21-39(33-46)38-18-10-9-11-19-38)48-28-29-51-50-26-14-15-27-53(50)57(7,8)54(51)37-48/h14-17,21-24,26-38H,9-13,18-20,25H2,1-8H3. The quantitative estimate of drug-likeness (QED) is 0.163. The SMILES string of the molecule is CC(C)(C)c1cc(-c2cc3c(c(-c4cccc(N(c5cccc(C6CCCCC6)c5)c5ccc6c(c5)C(C)(C)c5ccccc5-6)c4)c2)CCCC3)cc(C(C)(C)C)c1. The molecule has 0 atom stereocenters. The van der Waals surface area contributed by atoms with Crippen LogP contribution in [-0.4, -0.2) is 0 Å². The van der Waals surface area contributed by atoms with Gasteiger partial charge >= 0.3 is 0 Å². The largest absolute Gasteiger partial charge is 0.310 e. The second kappa shape index (κ2) is 14.7. The molecule has 0 heterocycles. The van der Waals surface area contributed by atoms with Gasteiger partial charge in [0.05, 0.1) is 0 Å². The van der Waals surface area contributed by atoms with Crippen molar-refractivity contribution in [3.05, 3.63) is 160 Å². The summed E-state index contributed by atoms with van der Waals surface area (Å²) in [5.41, 5.74) is 22.1. The van der Waals surface area contributed by atoms with Gasteiger partial charge in [-0.3, -0.25) is 0 Å². The first kappa shape index (κ1) is 38.6. The fraction of sp³-hybridized carbons (Fsp3) is 0.368. The third-order valence-electron chi connectivity index (χ3n) is 13.9. The predicted molar refractivity (Wildman–Crippen MR) is 249 cm³/mol. The number of aryl methyl sites for hydroxylation is 1. The molecule has 6 aromatic rings. The molecule has 296 valence electrons. The van der Waals surface area contributed by atoms with E-state index in [1.807, 2.05) is 0 Å². The van der Waals surface area contributed by atoms with Crippen molar-refractivity contribution in [1.82, 2.24) is 0 Å². The zero-order valence-electron chi connectivity index (χ0n) is 36.4. The van der Waals surface area contributed by atoms with Crippen LogP contribution in [0.15, 0.2) is 121 Å². The average molecular weight is 762 g/mol. The van der Waals surface area contributed by atoms with E-state index in [0.29, 0.717) is 5.92 Å². The summed E-state index contributed by atoms with van der Waals surface area (Å²) in [5.74, 6) is 0.639. The molecule has 0 aliphatic heterocycles. The Morgan fingerprint density at radius 2 is 1.12 bits per heavy atom. The van der Waals surface area contributed by atoms with Gasteiger partial charge in [-0.1, -0.05) is 154 Å². The summed E-state index contributed by atoms with van der Waals surface area (Å²) in [7, 11) is 0. The van der Waals surface area contributed by atoms with E-state index in [4.69, 9.17) is 0 Å². The zero-order valence-corrected chi connectivity index (χ0v) is 36.4. The van der Waals surface area contributed by atoms with Crippen LogP contribution < -0.4 is 4.90 Å². The molecule has 0 bridgehead atoms. The van der Waals surface area contributed by atoms with E-state index in [1.165, 1.54) is 134 Å². The highest BCUT2D eigenvalue weighted by Gasteiger charge is 2.36. The number of rotatable bonds is 6. The number of fused-ring (bicyclic) bond motifs is 4. The van der Waals surface area contributed by atoms with Gasteiger partial charge in [0.2, 0.25) is 0 Å². The monoisotopic (exact) mass is 761 g/mol. The van der Waals surface area contributed by atoms with Crippen molar-refractivity contribution >= 4 is 17.1 Å². The lowest BCUT2D eigenvalue weighted by molar-refractivity contribution is 0.443. The van der Waals surface area contributed by atoms with E-state index < -0.39 is 0 Å². The van der Waals surface area contributed by atoms with E-state index in [9.17, 15) is 0 Å². The summed E-state index contributed by atoms with van der Waals surface area (Å²) in [6.07, 6.45) is 11.4. The first-order valence-corrected chi connectivity index (χ1v) is 22.3. The molecule has 1 fully saturated rings. The maximum atomic E-state index is 2.55. The van der Waals surface area contributed by atoms with Crippen LogP contribution >= 0.6 is 0 Å². The van der Waals surface area contributed by atoms with Gasteiger partial charge in [0, 0.05) is 22.5 Å². The molecule has 3 aliphatic carbocycles. The highest BCUT2D eigenvalue weighted by molar-refractivity contribution is 5.87. The lowest BCUT2D eigenvalue weighted by atomic mass is 9.78. The fourth-order valence-corrected chi connectivity index (χ4v) is 10.4. The minimum absolute atomic E-state index is 0.0642. The molecule has 1 heteroatoms. The van der Waals surface area contributed by atoms with Crippen LogP contribution in [0, 0.1) is 0 Å². The molecular formula is C57H63N. The van der Waals surface area contributed by atoms with E-state index >= 15 is 0 Å². The van der Waals surface area contributed by atoms with Crippen molar-refractivity contribution in [2.45, 2.75) is 135 Å². The second-order valence-corrected chi connectivity index (χ2v) is 20.4. The van der Waals surface area contributed by atoms with Crippen molar-refractivity contribution < 1.29 is 0 Å². The maximum absolute atomic E-state index is 2.55. The summed E-state index contributed by atoms with van der Waals surface area (Å²) in [6, 6.07) is 47.7. The number of hydrogen-bond donors (Lipinski definition) is 0. The number of hydrogen-bond acceptors (Lipinski definition) is 1. The molecule has 58 heavy (non-hydrogen) atoms. The second-order valence-electron chi connectivity index (χ2n) is 20.4. The van der Waals surface area contributed by atoms with Crippen LogP contribution in [0.4, 0.5) is 17.1 Å². The van der Waals surface area contributed by atoms with E-state index in [-0.39, 0.29) is 16.2 Å². The van der Waals surface area contributed by atoms with Crippen LogP contribution in [0.2, 0.25) is 0 Å². The fourth-order valence-electron chi connectivity index (χ4n) is 10.4. The normalized spacial score (nSPS) is 16.4. The first-order valence-electron chi connectivity index (χ1n) is 22.3. The van der Waals surface area contributed by atoms with Crippen LogP contribution in [-0.2, 0) is 29.1 Å². The summed E-state index contributed by atoms with van der Waals surface area (Å²) in [6.45, 7) is 18.9. The Morgan fingerprint density at radius 1 is 0.483 bits per heavy atom. The number of anilines is 3. The molecule has 0 unspecified atom stereocenters. The third-order valence-corrected chi connectivity index (χ3v) is 13.9. The Kier molecular flexibility index (Phi) is 9.82. The van der Waals surface area contributed by atoms with Crippen molar-refractivity contribution in [3.63, 3.8) is 0 Å². The van der Waals surface area contributed by atoms with Crippen LogP contribution in [0.25, 0.3) is 33.4 Å². The minimum Gasteiger partial charge on any atom is -0.310 e. The summed E-state index contributed by atoms with van der Waals surface area (Å²) in [4.78, 5) is 2.55. The van der Waals surface area contributed by atoms with Crippen molar-refractivity contribution in [1.29, 1.82) is 0 Å². The van der Waals surface area contributed by atoms with E-state index in [2.05, 4.69) is 182 Å². The Hall–Kier alpha value is -4.88. The van der Waals surface area contributed by atoms with Gasteiger partial charge in [-0.25, -0.2) is 0 Å². The molecule has 3 aliphatic rings. The molecule has 0 aromatic heterocycles. The summed E-state index contributed by atoms with van der Waals surface area (Å²) in [5, 5.41) is 0. The molecule has 0 radical (unpaired) electrons. The lowest BCUT2D eigenvalue weighted by Gasteiger charge is -2.30. The number of benzene rings is 6.